The Balaban J connectivity index is 2.84. The van der Waals surface area contributed by atoms with Crippen LogP contribution in [0.1, 0.15) is 0 Å². The van der Waals surface area contributed by atoms with Gasteiger partial charge < -0.3 is 16.2 Å². The molecule has 0 fully saturated rings. The Labute approximate surface area is 81.4 Å². The Kier molecular flexibility index (Phi) is 1.89. The Morgan fingerprint density at radius 3 is 2.86 bits per heavy atom. The van der Waals surface area contributed by atoms with E-state index in [1.807, 2.05) is 6.07 Å². The maximum absolute atomic E-state index is 9.79. The van der Waals surface area contributed by atoms with E-state index in [-0.39, 0.29) is 5.75 Å². The third-order valence-electron chi connectivity index (χ3n) is 2.19. The molecule has 0 saturated carbocycles. The highest BCUT2D eigenvalue weighted by Gasteiger charge is 2.07. The number of nitrogens with one attached hydrogen (secondary N) is 1. The van der Waals surface area contributed by atoms with E-state index >= 15 is 0 Å². The summed E-state index contributed by atoms with van der Waals surface area (Å²) in [6.07, 6.45) is 1.58. The zero-order valence-corrected chi connectivity index (χ0v) is 7.78. The number of rotatable bonds is 1. The summed E-state index contributed by atoms with van der Waals surface area (Å²) in [5.41, 5.74) is 7.54. The molecule has 2 aromatic rings. The molecule has 72 valence electrons. The van der Waals surface area contributed by atoms with Gasteiger partial charge in [-0.2, -0.15) is 0 Å². The lowest BCUT2D eigenvalue weighted by molar-refractivity contribution is 0.482. The van der Waals surface area contributed by atoms with Gasteiger partial charge in [0, 0.05) is 24.3 Å². The predicted molar refractivity (Wildman–Crippen MR) is 57.4 cm³/mol. The zero-order chi connectivity index (χ0) is 10.1. The summed E-state index contributed by atoms with van der Waals surface area (Å²) >= 11 is 0. The second-order valence-corrected chi connectivity index (χ2v) is 3.01. The van der Waals surface area contributed by atoms with Crippen molar-refractivity contribution in [2.24, 2.45) is 0 Å². The van der Waals surface area contributed by atoms with Crippen molar-refractivity contribution in [3.63, 3.8) is 0 Å². The van der Waals surface area contributed by atoms with Crippen LogP contribution in [0.15, 0.2) is 24.4 Å². The molecule has 0 saturated heterocycles. The van der Waals surface area contributed by atoms with Crippen molar-refractivity contribution in [3.05, 3.63) is 24.4 Å². The van der Waals surface area contributed by atoms with Crippen LogP contribution in [0.5, 0.6) is 5.75 Å². The monoisotopic (exact) mass is 189 g/mol. The number of nitrogens with two attached hydrogens (primary N) is 1. The summed E-state index contributed by atoms with van der Waals surface area (Å²) in [7, 11) is 1.74. The van der Waals surface area contributed by atoms with Gasteiger partial charge in [-0.3, -0.25) is 4.98 Å². The minimum absolute atomic E-state index is 0.136. The molecule has 0 unspecified atom stereocenters. The Hall–Kier alpha value is -1.97. The van der Waals surface area contributed by atoms with Crippen LogP contribution >= 0.6 is 0 Å². The van der Waals surface area contributed by atoms with E-state index in [2.05, 4.69) is 10.3 Å². The quantitative estimate of drug-likeness (QED) is 0.595. The topological polar surface area (TPSA) is 71.2 Å². The molecule has 4 heteroatoms. The van der Waals surface area contributed by atoms with E-state index in [0.29, 0.717) is 16.9 Å². The van der Waals surface area contributed by atoms with Gasteiger partial charge in [0.05, 0.1) is 5.69 Å². The standard InChI is InChI=1S/C10H11N3O/c1-12-8-3-2-6-7(11)4-5-13-9(6)10(8)14/h2-5,12,14H,1H3,(H2,11,13). The number of anilines is 2. The molecular formula is C10H11N3O. The third-order valence-corrected chi connectivity index (χ3v) is 2.19. The predicted octanol–water partition coefficient (Wildman–Crippen LogP) is 1.56. The molecule has 0 radical (unpaired) electrons. The molecule has 0 aliphatic carbocycles. The van der Waals surface area contributed by atoms with Crippen LogP contribution in [0.2, 0.25) is 0 Å². The first kappa shape index (κ1) is 8.62. The molecule has 0 aliphatic rings. The molecule has 4 N–H and O–H groups in total. The summed E-state index contributed by atoms with van der Waals surface area (Å²) in [6, 6.07) is 5.32. The molecule has 2 rings (SSSR count). The number of pyridine rings is 1. The number of aromatic nitrogens is 1. The summed E-state index contributed by atoms with van der Waals surface area (Å²) in [5.74, 6) is 0.136. The number of nitrogens with zero attached hydrogens (tertiary/aromatic N) is 1. The van der Waals surface area contributed by atoms with Crippen LogP contribution in [0.25, 0.3) is 10.9 Å². The molecule has 1 aromatic carbocycles. The first-order valence-corrected chi connectivity index (χ1v) is 4.28. The smallest absolute Gasteiger partial charge is 0.165 e. The van der Waals surface area contributed by atoms with Gasteiger partial charge in [0.25, 0.3) is 0 Å². The van der Waals surface area contributed by atoms with Crippen molar-refractivity contribution in [3.8, 4) is 5.75 Å². The van der Waals surface area contributed by atoms with E-state index in [4.69, 9.17) is 5.73 Å². The Bertz CT molecular complexity index is 482. The number of hydrogen-bond donors (Lipinski definition) is 3. The van der Waals surface area contributed by atoms with E-state index in [1.54, 1.807) is 25.4 Å². The van der Waals surface area contributed by atoms with Crippen LogP contribution < -0.4 is 11.1 Å². The first-order valence-electron chi connectivity index (χ1n) is 4.28. The summed E-state index contributed by atoms with van der Waals surface area (Å²) in [6.45, 7) is 0. The zero-order valence-electron chi connectivity index (χ0n) is 7.78. The van der Waals surface area contributed by atoms with Gasteiger partial charge in [-0.15, -0.1) is 0 Å². The minimum Gasteiger partial charge on any atom is -0.504 e. The van der Waals surface area contributed by atoms with Gasteiger partial charge in [-0.1, -0.05) is 0 Å². The van der Waals surface area contributed by atoms with Gasteiger partial charge in [-0.05, 0) is 18.2 Å². The third kappa shape index (κ3) is 1.12. The van der Waals surface area contributed by atoms with Crippen molar-refractivity contribution in [2.45, 2.75) is 0 Å². The number of benzene rings is 1. The van der Waals surface area contributed by atoms with E-state index < -0.39 is 0 Å². The van der Waals surface area contributed by atoms with Gasteiger partial charge in [0.15, 0.2) is 5.75 Å². The highest BCUT2D eigenvalue weighted by atomic mass is 16.3. The fourth-order valence-corrected chi connectivity index (χ4v) is 1.43. The molecule has 0 spiro atoms. The largest absolute Gasteiger partial charge is 0.504 e. The lowest BCUT2D eigenvalue weighted by Crippen LogP contribution is -1.93. The Morgan fingerprint density at radius 1 is 1.36 bits per heavy atom. The Morgan fingerprint density at radius 2 is 2.14 bits per heavy atom. The summed E-state index contributed by atoms with van der Waals surface area (Å²) in [5, 5.41) is 13.4. The van der Waals surface area contributed by atoms with Crippen molar-refractivity contribution >= 4 is 22.3 Å². The highest BCUT2D eigenvalue weighted by molar-refractivity contribution is 5.96. The van der Waals surface area contributed by atoms with Crippen molar-refractivity contribution in [1.82, 2.24) is 4.98 Å². The van der Waals surface area contributed by atoms with Gasteiger partial charge in [0.2, 0.25) is 0 Å². The first-order chi connectivity index (χ1) is 6.74. The number of aromatic hydroxyl groups is 1. The normalized spacial score (nSPS) is 10.4. The average molecular weight is 189 g/mol. The van der Waals surface area contributed by atoms with Crippen molar-refractivity contribution in [2.75, 3.05) is 18.1 Å². The van der Waals surface area contributed by atoms with Crippen LogP contribution in [0.4, 0.5) is 11.4 Å². The molecule has 0 atom stereocenters. The number of hydrogen-bond acceptors (Lipinski definition) is 4. The van der Waals surface area contributed by atoms with E-state index in [1.165, 1.54) is 0 Å². The fourth-order valence-electron chi connectivity index (χ4n) is 1.43. The van der Waals surface area contributed by atoms with Crippen LogP contribution in [0.3, 0.4) is 0 Å². The summed E-state index contributed by atoms with van der Waals surface area (Å²) < 4.78 is 0. The molecular weight excluding hydrogens is 178 g/mol. The van der Waals surface area contributed by atoms with Crippen LogP contribution in [-0.2, 0) is 0 Å². The van der Waals surface area contributed by atoms with Crippen molar-refractivity contribution in [1.29, 1.82) is 0 Å². The summed E-state index contributed by atoms with van der Waals surface area (Å²) in [4.78, 5) is 4.08. The van der Waals surface area contributed by atoms with Gasteiger partial charge >= 0.3 is 0 Å². The number of phenolic OH excluding ortho intramolecular Hbond substituents is 1. The van der Waals surface area contributed by atoms with Crippen LogP contribution in [-0.4, -0.2) is 17.1 Å². The minimum atomic E-state index is 0.136. The second kappa shape index (κ2) is 3.06. The van der Waals surface area contributed by atoms with E-state index in [0.717, 1.165) is 5.39 Å². The van der Waals surface area contributed by atoms with Gasteiger partial charge in [0.1, 0.15) is 5.52 Å². The SMILES string of the molecule is CNc1ccc2c(N)ccnc2c1O. The molecule has 0 bridgehead atoms. The molecule has 1 heterocycles. The molecule has 1 aromatic heterocycles. The maximum Gasteiger partial charge on any atom is 0.165 e. The number of phenols is 1. The van der Waals surface area contributed by atoms with Crippen molar-refractivity contribution < 1.29 is 5.11 Å². The number of fused-ring (bicyclic) bond motifs is 1. The molecule has 0 aliphatic heterocycles. The highest BCUT2D eigenvalue weighted by Crippen LogP contribution is 2.32. The lowest BCUT2D eigenvalue weighted by atomic mass is 10.1. The molecule has 0 amide bonds. The molecule has 14 heavy (non-hydrogen) atoms. The fraction of sp³-hybridized carbons (Fsp3) is 0.100. The van der Waals surface area contributed by atoms with Gasteiger partial charge in [-0.25, -0.2) is 0 Å². The molecule has 4 nitrogen and oxygen atoms in total. The van der Waals surface area contributed by atoms with Crippen LogP contribution in [0, 0.1) is 0 Å². The second-order valence-electron chi connectivity index (χ2n) is 3.01. The number of nitrogen functional groups attached to an aromatic ring is 1. The van der Waals surface area contributed by atoms with E-state index in [9.17, 15) is 5.11 Å². The maximum atomic E-state index is 9.79. The average Bonchev–Trinajstić information content (AvgIpc) is 2.20. The lowest BCUT2D eigenvalue weighted by Gasteiger charge is -2.07.